The Morgan fingerprint density at radius 1 is 0.905 bits per heavy atom. The van der Waals surface area contributed by atoms with Crippen LogP contribution in [0.15, 0.2) is 0 Å². The lowest BCUT2D eigenvalue weighted by Gasteiger charge is -2.60. The van der Waals surface area contributed by atoms with Gasteiger partial charge in [-0.1, -0.05) is 0 Å². The van der Waals surface area contributed by atoms with Crippen LogP contribution in [0, 0.1) is 23.2 Å². The van der Waals surface area contributed by atoms with Gasteiger partial charge in [-0.2, -0.15) is 0 Å². The van der Waals surface area contributed by atoms with Crippen LogP contribution in [0.2, 0.25) is 0 Å². The molecule has 4 saturated carbocycles. The van der Waals surface area contributed by atoms with Gasteiger partial charge in [0.2, 0.25) is 0 Å². The monoisotopic (exact) mass is 288 g/mol. The van der Waals surface area contributed by atoms with Crippen molar-refractivity contribution in [1.82, 2.24) is 10.2 Å². The van der Waals surface area contributed by atoms with Crippen LogP contribution in [0.4, 0.5) is 0 Å². The topological polar surface area (TPSA) is 15.3 Å². The SMILES string of the molecule is CC(N1CCC2CCC(C1)N2)C12CC3CC(CC(C3)C1)C2. The van der Waals surface area contributed by atoms with Crippen molar-refractivity contribution in [1.29, 1.82) is 0 Å². The first-order valence-corrected chi connectivity index (χ1v) is 9.70. The number of likely N-dealkylation sites (tertiary alicyclic amines) is 1. The molecule has 0 aromatic carbocycles. The maximum absolute atomic E-state index is 3.87. The second-order valence-corrected chi connectivity index (χ2v) is 9.38. The van der Waals surface area contributed by atoms with Gasteiger partial charge >= 0.3 is 0 Å². The van der Waals surface area contributed by atoms with Crippen LogP contribution in [0.1, 0.15) is 64.7 Å². The molecule has 118 valence electrons. The number of nitrogens with zero attached hydrogens (tertiary/aromatic N) is 1. The first-order chi connectivity index (χ1) is 10.2. The minimum Gasteiger partial charge on any atom is -0.310 e. The third-order valence-electron chi connectivity index (χ3n) is 8.07. The zero-order valence-electron chi connectivity index (χ0n) is 13.7. The molecule has 4 aliphatic carbocycles. The van der Waals surface area contributed by atoms with Crippen molar-refractivity contribution < 1.29 is 0 Å². The van der Waals surface area contributed by atoms with E-state index in [0.717, 1.165) is 35.9 Å². The fraction of sp³-hybridized carbons (Fsp3) is 1.00. The molecular weight excluding hydrogens is 256 g/mol. The molecule has 2 aliphatic heterocycles. The van der Waals surface area contributed by atoms with Gasteiger partial charge < -0.3 is 5.32 Å². The third kappa shape index (κ3) is 2.12. The number of hydrogen-bond donors (Lipinski definition) is 1. The summed E-state index contributed by atoms with van der Waals surface area (Å²) in [5.74, 6) is 3.29. The average molecular weight is 288 g/mol. The number of fused-ring (bicyclic) bond motifs is 2. The Balaban J connectivity index is 1.37. The summed E-state index contributed by atoms with van der Waals surface area (Å²) in [4.78, 5) is 2.91. The van der Waals surface area contributed by atoms with Crippen LogP contribution in [0.25, 0.3) is 0 Å². The second kappa shape index (κ2) is 4.71. The molecule has 0 radical (unpaired) electrons. The van der Waals surface area contributed by atoms with E-state index in [1.54, 1.807) is 38.5 Å². The van der Waals surface area contributed by atoms with Gasteiger partial charge in [0.05, 0.1) is 0 Å². The van der Waals surface area contributed by atoms with Crippen molar-refractivity contribution in [3.8, 4) is 0 Å². The van der Waals surface area contributed by atoms with Crippen LogP contribution in [-0.4, -0.2) is 36.1 Å². The molecule has 6 fully saturated rings. The highest BCUT2D eigenvalue weighted by molar-refractivity contribution is 5.06. The summed E-state index contributed by atoms with van der Waals surface area (Å²) in [5.41, 5.74) is 0.707. The summed E-state index contributed by atoms with van der Waals surface area (Å²) < 4.78 is 0. The van der Waals surface area contributed by atoms with Gasteiger partial charge in [0.25, 0.3) is 0 Å². The van der Waals surface area contributed by atoms with Crippen molar-refractivity contribution in [3.05, 3.63) is 0 Å². The largest absolute Gasteiger partial charge is 0.310 e. The zero-order chi connectivity index (χ0) is 14.0. The van der Waals surface area contributed by atoms with Gasteiger partial charge in [0, 0.05) is 24.7 Å². The summed E-state index contributed by atoms with van der Waals surface area (Å²) in [6, 6.07) is 2.48. The maximum atomic E-state index is 3.87. The van der Waals surface area contributed by atoms with Gasteiger partial charge in [0.1, 0.15) is 0 Å². The Morgan fingerprint density at radius 3 is 2.19 bits per heavy atom. The standard InChI is InChI=1S/C19H32N2/c1-13(21-5-4-17-2-3-18(12-21)20-17)19-9-14-6-15(10-19)8-16(7-14)11-19/h13-18,20H,2-12H2,1H3. The molecule has 2 saturated heterocycles. The second-order valence-electron chi connectivity index (χ2n) is 9.38. The first-order valence-electron chi connectivity index (χ1n) is 9.70. The van der Waals surface area contributed by atoms with Gasteiger partial charge in [-0.05, 0) is 94.4 Å². The van der Waals surface area contributed by atoms with Crippen molar-refractivity contribution in [2.75, 3.05) is 13.1 Å². The molecule has 6 bridgehead atoms. The Labute approximate surface area is 130 Å². The fourth-order valence-corrected chi connectivity index (χ4v) is 7.40. The molecule has 0 aromatic heterocycles. The van der Waals surface area contributed by atoms with Gasteiger partial charge in [0.15, 0.2) is 0 Å². The lowest BCUT2D eigenvalue weighted by molar-refractivity contribution is -0.0970. The predicted octanol–water partition coefficient (Wildman–Crippen LogP) is 3.42. The van der Waals surface area contributed by atoms with Gasteiger partial charge in [-0.15, -0.1) is 0 Å². The lowest BCUT2D eigenvalue weighted by atomic mass is 9.47. The van der Waals surface area contributed by atoms with Crippen molar-refractivity contribution in [2.24, 2.45) is 23.2 Å². The molecule has 3 atom stereocenters. The number of nitrogens with one attached hydrogen (secondary N) is 1. The quantitative estimate of drug-likeness (QED) is 0.837. The Morgan fingerprint density at radius 2 is 1.52 bits per heavy atom. The minimum atomic E-state index is 0.707. The van der Waals surface area contributed by atoms with Gasteiger partial charge in [-0.3, -0.25) is 4.90 Å². The van der Waals surface area contributed by atoms with E-state index in [-0.39, 0.29) is 0 Å². The molecule has 0 spiro atoms. The highest BCUT2D eigenvalue weighted by atomic mass is 15.2. The van der Waals surface area contributed by atoms with Crippen LogP contribution < -0.4 is 5.32 Å². The number of hydrogen-bond acceptors (Lipinski definition) is 2. The van der Waals surface area contributed by atoms with Crippen molar-refractivity contribution in [2.45, 2.75) is 82.8 Å². The predicted molar refractivity (Wildman–Crippen MR) is 86.2 cm³/mol. The van der Waals surface area contributed by atoms with E-state index in [2.05, 4.69) is 17.1 Å². The molecule has 2 nitrogen and oxygen atoms in total. The maximum Gasteiger partial charge on any atom is 0.0198 e. The Kier molecular flexibility index (Phi) is 3.00. The van der Waals surface area contributed by atoms with E-state index in [4.69, 9.17) is 0 Å². The molecule has 2 heterocycles. The Bertz CT molecular complexity index is 383. The molecule has 2 heteroatoms. The molecule has 0 aromatic rings. The molecule has 1 N–H and O–H groups in total. The van der Waals surface area contributed by atoms with E-state index < -0.39 is 0 Å². The van der Waals surface area contributed by atoms with E-state index in [9.17, 15) is 0 Å². The van der Waals surface area contributed by atoms with E-state index in [1.807, 2.05) is 0 Å². The molecule has 0 amide bonds. The summed E-state index contributed by atoms with van der Waals surface area (Å²) in [6.45, 7) is 5.29. The average Bonchev–Trinajstić information content (AvgIpc) is 2.76. The molecule has 6 aliphatic rings. The van der Waals surface area contributed by atoms with Crippen molar-refractivity contribution in [3.63, 3.8) is 0 Å². The Hall–Kier alpha value is -0.0800. The summed E-state index contributed by atoms with van der Waals surface area (Å²) in [7, 11) is 0. The highest BCUT2D eigenvalue weighted by Crippen LogP contribution is 2.62. The molecule has 21 heavy (non-hydrogen) atoms. The lowest BCUT2D eigenvalue weighted by Crippen LogP contribution is -2.57. The fourth-order valence-electron chi connectivity index (χ4n) is 7.40. The first kappa shape index (κ1) is 13.4. The van der Waals surface area contributed by atoms with Crippen LogP contribution in [0.5, 0.6) is 0 Å². The van der Waals surface area contributed by atoms with E-state index in [0.29, 0.717) is 5.41 Å². The molecule has 3 unspecified atom stereocenters. The zero-order valence-corrected chi connectivity index (χ0v) is 13.7. The highest BCUT2D eigenvalue weighted by Gasteiger charge is 2.54. The minimum absolute atomic E-state index is 0.707. The van der Waals surface area contributed by atoms with E-state index >= 15 is 0 Å². The van der Waals surface area contributed by atoms with E-state index in [1.165, 1.54) is 32.4 Å². The molecular formula is C19H32N2. The van der Waals surface area contributed by atoms with Crippen molar-refractivity contribution >= 4 is 0 Å². The normalized spacial score (nSPS) is 53.9. The van der Waals surface area contributed by atoms with Crippen LogP contribution in [-0.2, 0) is 0 Å². The summed E-state index contributed by atoms with van der Waals surface area (Å²) in [5, 5.41) is 3.87. The smallest absolute Gasteiger partial charge is 0.0198 e. The molecule has 6 rings (SSSR count). The van der Waals surface area contributed by atoms with Crippen LogP contribution >= 0.6 is 0 Å². The summed E-state index contributed by atoms with van der Waals surface area (Å²) >= 11 is 0. The third-order valence-corrected chi connectivity index (χ3v) is 8.07. The van der Waals surface area contributed by atoms with Gasteiger partial charge in [-0.25, -0.2) is 0 Å². The number of rotatable bonds is 2. The van der Waals surface area contributed by atoms with Crippen LogP contribution in [0.3, 0.4) is 0 Å². The summed E-state index contributed by atoms with van der Waals surface area (Å²) in [6.07, 6.45) is 13.7.